The number of rotatable bonds is 3. The van der Waals surface area contributed by atoms with Crippen LogP contribution >= 0.6 is 11.6 Å². The molecule has 1 aliphatic heterocycles. The molecule has 0 bridgehead atoms. The fourth-order valence-electron chi connectivity index (χ4n) is 1.77. The van der Waals surface area contributed by atoms with Gasteiger partial charge in [-0.1, -0.05) is 18.1 Å². The summed E-state index contributed by atoms with van der Waals surface area (Å²) in [6.45, 7) is 6.61. The number of allylic oxidation sites excluding steroid dienone is 1. The summed E-state index contributed by atoms with van der Waals surface area (Å²) < 4.78 is 0. The first kappa shape index (κ1) is 11.1. The average Bonchev–Trinajstić information content (AvgIpc) is 2.15. The Bertz CT molecular complexity index is 173. The smallest absolute Gasteiger partial charge is 0.0379 e. The van der Waals surface area contributed by atoms with Crippen LogP contribution in [0.4, 0.5) is 0 Å². The molecule has 0 spiro atoms. The molecule has 1 saturated heterocycles. The molecule has 1 unspecified atom stereocenters. The van der Waals surface area contributed by atoms with Gasteiger partial charge in [0, 0.05) is 18.5 Å². The maximum atomic E-state index is 5.93. The van der Waals surface area contributed by atoms with E-state index in [0.717, 1.165) is 12.4 Å². The van der Waals surface area contributed by atoms with E-state index in [9.17, 15) is 0 Å². The molecule has 2 heteroatoms. The van der Waals surface area contributed by atoms with Crippen LogP contribution in [0.2, 0.25) is 0 Å². The Morgan fingerprint density at radius 1 is 1.46 bits per heavy atom. The summed E-state index contributed by atoms with van der Waals surface area (Å²) in [6, 6.07) is 0.617. The first-order valence-corrected chi connectivity index (χ1v) is 5.71. The molecule has 1 fully saturated rings. The van der Waals surface area contributed by atoms with Crippen LogP contribution in [0.5, 0.6) is 0 Å². The summed E-state index contributed by atoms with van der Waals surface area (Å²) >= 11 is 5.93. The normalized spacial score (nSPS) is 24.4. The number of alkyl halides is 1. The van der Waals surface area contributed by atoms with Gasteiger partial charge in [0.05, 0.1) is 0 Å². The van der Waals surface area contributed by atoms with E-state index in [0.29, 0.717) is 6.04 Å². The standard InChI is InChI=1S/C11H20ClN/c1-10(2)6-8-13-7-4-3-5-11(13)9-12/h6,11H,3-5,7-9H2,1-2H3. The van der Waals surface area contributed by atoms with Crippen LogP contribution in [0.3, 0.4) is 0 Å². The van der Waals surface area contributed by atoms with Crippen molar-refractivity contribution in [2.24, 2.45) is 0 Å². The second kappa shape index (κ2) is 5.66. The zero-order valence-corrected chi connectivity index (χ0v) is 9.48. The van der Waals surface area contributed by atoms with Crippen molar-refractivity contribution >= 4 is 11.6 Å². The highest BCUT2D eigenvalue weighted by Crippen LogP contribution is 2.17. The minimum atomic E-state index is 0.617. The van der Waals surface area contributed by atoms with E-state index in [1.807, 2.05) is 0 Å². The lowest BCUT2D eigenvalue weighted by Crippen LogP contribution is -2.40. The van der Waals surface area contributed by atoms with Crippen molar-refractivity contribution in [2.45, 2.75) is 39.2 Å². The molecule has 1 heterocycles. The zero-order valence-electron chi connectivity index (χ0n) is 8.72. The number of hydrogen-bond donors (Lipinski definition) is 0. The highest BCUT2D eigenvalue weighted by Gasteiger charge is 2.19. The van der Waals surface area contributed by atoms with Gasteiger partial charge in [-0.25, -0.2) is 0 Å². The Kier molecular flexibility index (Phi) is 4.82. The molecule has 0 aromatic carbocycles. The molecule has 1 atom stereocenters. The minimum absolute atomic E-state index is 0.617. The molecule has 0 N–H and O–H groups in total. The van der Waals surface area contributed by atoms with Crippen molar-refractivity contribution in [1.29, 1.82) is 0 Å². The Morgan fingerprint density at radius 3 is 2.85 bits per heavy atom. The number of hydrogen-bond acceptors (Lipinski definition) is 1. The van der Waals surface area contributed by atoms with E-state index >= 15 is 0 Å². The Morgan fingerprint density at radius 2 is 2.23 bits per heavy atom. The molecule has 0 amide bonds. The summed E-state index contributed by atoms with van der Waals surface area (Å²) in [5.74, 6) is 0.788. The van der Waals surface area contributed by atoms with Gasteiger partial charge in [0.1, 0.15) is 0 Å². The summed E-state index contributed by atoms with van der Waals surface area (Å²) in [5.41, 5.74) is 1.40. The number of halogens is 1. The number of nitrogens with zero attached hydrogens (tertiary/aromatic N) is 1. The van der Waals surface area contributed by atoms with Crippen molar-refractivity contribution < 1.29 is 0 Å². The summed E-state index contributed by atoms with van der Waals surface area (Å²) in [6.07, 6.45) is 6.26. The third-order valence-electron chi connectivity index (χ3n) is 2.66. The lowest BCUT2D eigenvalue weighted by Gasteiger charge is -2.33. The third kappa shape index (κ3) is 3.70. The van der Waals surface area contributed by atoms with Gasteiger partial charge in [-0.2, -0.15) is 0 Å². The van der Waals surface area contributed by atoms with Crippen LogP contribution in [0, 0.1) is 0 Å². The molecule has 0 saturated carbocycles. The van der Waals surface area contributed by atoms with E-state index in [1.54, 1.807) is 0 Å². The van der Waals surface area contributed by atoms with Crippen LogP contribution in [0.1, 0.15) is 33.1 Å². The summed E-state index contributed by atoms with van der Waals surface area (Å²) in [7, 11) is 0. The van der Waals surface area contributed by atoms with Gasteiger partial charge in [0.2, 0.25) is 0 Å². The van der Waals surface area contributed by atoms with Crippen molar-refractivity contribution in [3.63, 3.8) is 0 Å². The molecular formula is C11H20ClN. The van der Waals surface area contributed by atoms with Gasteiger partial charge < -0.3 is 0 Å². The molecule has 1 nitrogen and oxygen atoms in total. The van der Waals surface area contributed by atoms with E-state index in [1.165, 1.54) is 31.4 Å². The minimum Gasteiger partial charge on any atom is -0.296 e. The van der Waals surface area contributed by atoms with E-state index < -0.39 is 0 Å². The second-order valence-electron chi connectivity index (χ2n) is 4.08. The van der Waals surface area contributed by atoms with Crippen LogP contribution in [0.25, 0.3) is 0 Å². The zero-order chi connectivity index (χ0) is 9.68. The predicted octanol–water partition coefficient (Wildman–Crippen LogP) is 3.05. The third-order valence-corrected chi connectivity index (χ3v) is 3.02. The Labute approximate surface area is 86.8 Å². The first-order valence-electron chi connectivity index (χ1n) is 5.17. The van der Waals surface area contributed by atoms with E-state index in [4.69, 9.17) is 11.6 Å². The lowest BCUT2D eigenvalue weighted by molar-refractivity contribution is 0.181. The molecule has 0 aromatic rings. The molecule has 1 rings (SSSR count). The second-order valence-corrected chi connectivity index (χ2v) is 4.39. The largest absolute Gasteiger partial charge is 0.296 e. The molecule has 76 valence electrons. The molecule has 13 heavy (non-hydrogen) atoms. The van der Waals surface area contributed by atoms with E-state index in [-0.39, 0.29) is 0 Å². The van der Waals surface area contributed by atoms with Crippen LogP contribution < -0.4 is 0 Å². The Hall–Kier alpha value is -0.0100. The highest BCUT2D eigenvalue weighted by atomic mass is 35.5. The molecule has 0 aromatic heterocycles. The SMILES string of the molecule is CC(C)=CCN1CCCCC1CCl. The van der Waals surface area contributed by atoms with Gasteiger partial charge >= 0.3 is 0 Å². The number of likely N-dealkylation sites (tertiary alicyclic amines) is 1. The van der Waals surface area contributed by atoms with Crippen molar-refractivity contribution in [2.75, 3.05) is 19.0 Å². The molecule has 0 radical (unpaired) electrons. The van der Waals surface area contributed by atoms with Crippen molar-refractivity contribution in [3.8, 4) is 0 Å². The summed E-state index contributed by atoms with van der Waals surface area (Å²) in [4.78, 5) is 2.50. The average molecular weight is 202 g/mol. The summed E-state index contributed by atoms with van der Waals surface area (Å²) in [5, 5.41) is 0. The van der Waals surface area contributed by atoms with Gasteiger partial charge in [-0.3, -0.25) is 4.90 Å². The van der Waals surface area contributed by atoms with Crippen LogP contribution in [0.15, 0.2) is 11.6 Å². The fraction of sp³-hybridized carbons (Fsp3) is 0.818. The van der Waals surface area contributed by atoms with Gasteiger partial charge in [-0.15, -0.1) is 11.6 Å². The van der Waals surface area contributed by atoms with Crippen LogP contribution in [-0.4, -0.2) is 29.9 Å². The highest BCUT2D eigenvalue weighted by molar-refractivity contribution is 6.18. The number of piperidine rings is 1. The monoisotopic (exact) mass is 201 g/mol. The topological polar surface area (TPSA) is 3.24 Å². The van der Waals surface area contributed by atoms with Gasteiger partial charge in [-0.05, 0) is 33.2 Å². The van der Waals surface area contributed by atoms with Crippen molar-refractivity contribution in [3.05, 3.63) is 11.6 Å². The van der Waals surface area contributed by atoms with Crippen molar-refractivity contribution in [1.82, 2.24) is 4.90 Å². The van der Waals surface area contributed by atoms with Crippen LogP contribution in [-0.2, 0) is 0 Å². The first-order chi connectivity index (χ1) is 6.24. The van der Waals surface area contributed by atoms with Gasteiger partial charge in [0.25, 0.3) is 0 Å². The van der Waals surface area contributed by atoms with E-state index in [2.05, 4.69) is 24.8 Å². The molecule has 1 aliphatic rings. The lowest BCUT2D eigenvalue weighted by atomic mass is 10.0. The maximum Gasteiger partial charge on any atom is 0.0379 e. The quantitative estimate of drug-likeness (QED) is 0.501. The molecule has 0 aliphatic carbocycles. The Balaban J connectivity index is 2.40. The predicted molar refractivity (Wildman–Crippen MR) is 59.4 cm³/mol. The maximum absolute atomic E-state index is 5.93. The fourth-order valence-corrected chi connectivity index (χ4v) is 2.12. The van der Waals surface area contributed by atoms with Gasteiger partial charge in [0.15, 0.2) is 0 Å². The molecular weight excluding hydrogens is 182 g/mol.